The summed E-state index contributed by atoms with van der Waals surface area (Å²) in [5.41, 5.74) is 0. The Balaban J connectivity index is 1.94. The Hall–Kier alpha value is -1.58. The molecule has 0 aliphatic heterocycles. The first kappa shape index (κ1) is 11.9. The number of fused-ring (bicyclic) bond motifs is 2. The second-order valence-electron chi connectivity index (χ2n) is 4.81. The predicted octanol–water partition coefficient (Wildman–Crippen LogP) is 1.34. The van der Waals surface area contributed by atoms with E-state index < -0.39 is 12.0 Å². The summed E-state index contributed by atoms with van der Waals surface area (Å²) in [7, 11) is 0. The first-order valence-electron chi connectivity index (χ1n) is 5.94. The highest BCUT2D eigenvalue weighted by Crippen LogP contribution is 2.43. The second-order valence-corrected chi connectivity index (χ2v) is 4.81. The lowest BCUT2D eigenvalue weighted by molar-refractivity contribution is -0.142. The fraction of sp³-hybridized carbons (Fsp3) is 0.538. The van der Waals surface area contributed by atoms with E-state index in [2.05, 4.69) is 24.0 Å². The molecule has 0 saturated heterocycles. The fourth-order valence-corrected chi connectivity index (χ4v) is 2.75. The van der Waals surface area contributed by atoms with Crippen molar-refractivity contribution in [3.63, 3.8) is 0 Å². The van der Waals surface area contributed by atoms with Crippen LogP contribution < -0.4 is 5.32 Å². The molecule has 0 radical (unpaired) electrons. The lowest BCUT2D eigenvalue weighted by atomic mass is 9.92. The van der Waals surface area contributed by atoms with Crippen molar-refractivity contribution in [3.05, 3.63) is 24.8 Å². The van der Waals surface area contributed by atoms with Crippen molar-refractivity contribution >= 4 is 11.9 Å². The summed E-state index contributed by atoms with van der Waals surface area (Å²) in [4.78, 5) is 22.9. The van der Waals surface area contributed by atoms with Gasteiger partial charge in [0.1, 0.15) is 6.04 Å². The first-order valence-corrected chi connectivity index (χ1v) is 5.94. The largest absolute Gasteiger partial charge is 0.480 e. The zero-order chi connectivity index (χ0) is 12.4. The molecule has 4 nitrogen and oxygen atoms in total. The molecule has 17 heavy (non-hydrogen) atoms. The highest BCUT2D eigenvalue weighted by atomic mass is 16.4. The van der Waals surface area contributed by atoms with Gasteiger partial charge in [0, 0.05) is 5.92 Å². The minimum absolute atomic E-state index is 0.0448. The molecule has 1 saturated carbocycles. The Morgan fingerprint density at radius 3 is 2.71 bits per heavy atom. The van der Waals surface area contributed by atoms with Crippen LogP contribution in [0.5, 0.6) is 0 Å². The van der Waals surface area contributed by atoms with E-state index in [0.717, 1.165) is 12.8 Å². The van der Waals surface area contributed by atoms with Gasteiger partial charge in [-0.2, -0.15) is 0 Å². The summed E-state index contributed by atoms with van der Waals surface area (Å²) in [6.45, 7) is 3.50. The van der Waals surface area contributed by atoms with E-state index >= 15 is 0 Å². The number of rotatable bonds is 5. The number of allylic oxidation sites excluding steroid dienone is 2. The molecule has 4 heteroatoms. The normalized spacial score (nSPS) is 31.2. The van der Waals surface area contributed by atoms with E-state index in [-0.39, 0.29) is 18.2 Å². The first-order chi connectivity index (χ1) is 8.11. The maximum absolute atomic E-state index is 12.0. The Morgan fingerprint density at radius 2 is 2.24 bits per heavy atom. The van der Waals surface area contributed by atoms with Crippen LogP contribution in [-0.2, 0) is 9.59 Å². The molecule has 4 unspecified atom stereocenters. The molecule has 2 rings (SSSR count). The van der Waals surface area contributed by atoms with Crippen molar-refractivity contribution in [1.82, 2.24) is 5.32 Å². The molecule has 0 heterocycles. The van der Waals surface area contributed by atoms with Crippen LogP contribution in [0.3, 0.4) is 0 Å². The van der Waals surface area contributed by atoms with Gasteiger partial charge < -0.3 is 10.4 Å². The molecule has 1 fully saturated rings. The molecule has 4 atom stereocenters. The molecule has 0 aromatic rings. The molecular weight excluding hydrogens is 218 g/mol. The third-order valence-corrected chi connectivity index (χ3v) is 3.63. The standard InChI is InChI=1S/C13H17NO3/c1-2-3-11(13(16)17)14-12(15)10-7-8-4-5-9(10)6-8/h2,4-5,8-11H,1,3,6-7H2,(H,14,15)(H,16,17). The molecule has 0 aromatic heterocycles. The van der Waals surface area contributed by atoms with Gasteiger partial charge in [-0.3, -0.25) is 4.79 Å². The highest BCUT2D eigenvalue weighted by Gasteiger charge is 2.40. The van der Waals surface area contributed by atoms with E-state index in [1.807, 2.05) is 0 Å². The highest BCUT2D eigenvalue weighted by molar-refractivity contribution is 5.85. The third-order valence-electron chi connectivity index (χ3n) is 3.63. The molecule has 0 spiro atoms. The zero-order valence-electron chi connectivity index (χ0n) is 9.63. The van der Waals surface area contributed by atoms with Crippen LogP contribution >= 0.6 is 0 Å². The van der Waals surface area contributed by atoms with Crippen LogP contribution in [0, 0.1) is 17.8 Å². The van der Waals surface area contributed by atoms with Gasteiger partial charge >= 0.3 is 5.97 Å². The number of carbonyl (C=O) groups is 2. The number of aliphatic carboxylic acids is 1. The van der Waals surface area contributed by atoms with E-state index in [0.29, 0.717) is 11.8 Å². The van der Waals surface area contributed by atoms with Crippen molar-refractivity contribution in [2.75, 3.05) is 0 Å². The summed E-state index contributed by atoms with van der Waals surface area (Å²) in [6.07, 6.45) is 7.91. The number of carbonyl (C=O) groups excluding carboxylic acids is 1. The van der Waals surface area contributed by atoms with Gasteiger partial charge in [0.05, 0.1) is 0 Å². The summed E-state index contributed by atoms with van der Waals surface area (Å²) in [5.74, 6) is -0.360. The quantitative estimate of drug-likeness (QED) is 0.707. The lowest BCUT2D eigenvalue weighted by Crippen LogP contribution is -2.44. The molecule has 2 aliphatic rings. The number of hydrogen-bond donors (Lipinski definition) is 2. The predicted molar refractivity (Wildman–Crippen MR) is 63.2 cm³/mol. The maximum atomic E-state index is 12.0. The van der Waals surface area contributed by atoms with Crippen LogP contribution in [0.15, 0.2) is 24.8 Å². The molecule has 0 aromatic carbocycles. The van der Waals surface area contributed by atoms with Crippen LogP contribution in [0.1, 0.15) is 19.3 Å². The van der Waals surface area contributed by atoms with Crippen molar-refractivity contribution < 1.29 is 14.7 Å². The van der Waals surface area contributed by atoms with Crippen molar-refractivity contribution in [1.29, 1.82) is 0 Å². The minimum Gasteiger partial charge on any atom is -0.480 e. The Bertz CT molecular complexity index is 375. The van der Waals surface area contributed by atoms with Crippen molar-refractivity contribution in [2.45, 2.75) is 25.3 Å². The van der Waals surface area contributed by atoms with E-state index in [4.69, 9.17) is 5.11 Å². The fourth-order valence-electron chi connectivity index (χ4n) is 2.75. The number of nitrogens with one attached hydrogen (secondary N) is 1. The van der Waals surface area contributed by atoms with E-state index in [1.54, 1.807) is 0 Å². The number of carboxylic acid groups (broad SMARTS) is 1. The smallest absolute Gasteiger partial charge is 0.326 e. The van der Waals surface area contributed by atoms with Crippen LogP contribution in [-0.4, -0.2) is 23.0 Å². The van der Waals surface area contributed by atoms with Gasteiger partial charge in [-0.25, -0.2) is 4.79 Å². The molecule has 2 aliphatic carbocycles. The second kappa shape index (κ2) is 4.73. The van der Waals surface area contributed by atoms with Gasteiger partial charge in [-0.15, -0.1) is 6.58 Å². The van der Waals surface area contributed by atoms with Crippen LogP contribution in [0.2, 0.25) is 0 Å². The van der Waals surface area contributed by atoms with Crippen molar-refractivity contribution in [3.8, 4) is 0 Å². The third kappa shape index (κ3) is 2.40. The minimum atomic E-state index is -1.00. The van der Waals surface area contributed by atoms with Gasteiger partial charge in [0.25, 0.3) is 0 Å². The Morgan fingerprint density at radius 1 is 1.47 bits per heavy atom. The maximum Gasteiger partial charge on any atom is 0.326 e. The van der Waals surface area contributed by atoms with Crippen LogP contribution in [0.4, 0.5) is 0 Å². The van der Waals surface area contributed by atoms with Crippen LogP contribution in [0.25, 0.3) is 0 Å². The molecule has 2 N–H and O–H groups in total. The number of amides is 1. The number of carboxylic acids is 1. The topological polar surface area (TPSA) is 66.4 Å². The van der Waals surface area contributed by atoms with Gasteiger partial charge in [0.2, 0.25) is 5.91 Å². The average Bonchev–Trinajstić information content (AvgIpc) is 2.89. The summed E-state index contributed by atoms with van der Waals surface area (Å²) in [6, 6.07) is -0.844. The molecule has 2 bridgehead atoms. The SMILES string of the molecule is C=CCC(NC(=O)C1CC2C=CC1C2)C(=O)O. The Labute approximate surface area is 100 Å². The summed E-state index contributed by atoms with van der Waals surface area (Å²) in [5, 5.41) is 11.6. The van der Waals surface area contributed by atoms with Gasteiger partial charge in [-0.05, 0) is 31.1 Å². The molecule has 92 valence electrons. The molecular formula is C13H17NO3. The zero-order valence-corrected chi connectivity index (χ0v) is 9.63. The number of hydrogen-bond acceptors (Lipinski definition) is 2. The van der Waals surface area contributed by atoms with Gasteiger partial charge in [0.15, 0.2) is 0 Å². The van der Waals surface area contributed by atoms with Crippen molar-refractivity contribution in [2.24, 2.45) is 17.8 Å². The summed E-state index contributed by atoms with van der Waals surface area (Å²) < 4.78 is 0. The monoisotopic (exact) mass is 235 g/mol. The van der Waals surface area contributed by atoms with E-state index in [9.17, 15) is 9.59 Å². The Kier molecular flexibility index (Phi) is 3.31. The molecule has 1 amide bonds. The lowest BCUT2D eigenvalue weighted by Gasteiger charge is -2.20. The summed E-state index contributed by atoms with van der Waals surface area (Å²) >= 11 is 0. The van der Waals surface area contributed by atoms with Gasteiger partial charge in [-0.1, -0.05) is 18.2 Å². The van der Waals surface area contributed by atoms with E-state index in [1.165, 1.54) is 6.08 Å². The average molecular weight is 235 g/mol.